The van der Waals surface area contributed by atoms with Crippen molar-refractivity contribution >= 4 is 38.6 Å². The molecule has 0 aliphatic rings. The summed E-state index contributed by atoms with van der Waals surface area (Å²) < 4.78 is 7.23. The Kier molecular flexibility index (Phi) is 5.11. The lowest BCUT2D eigenvalue weighted by Crippen LogP contribution is -2.31. The average Bonchev–Trinajstić information content (AvgIpc) is 3.05. The van der Waals surface area contributed by atoms with E-state index in [4.69, 9.17) is 4.74 Å². The normalized spacial score (nSPS) is 11.6. The molecule has 6 heteroatoms. The summed E-state index contributed by atoms with van der Waals surface area (Å²) in [4.78, 5) is 19.6. The van der Waals surface area contributed by atoms with E-state index >= 15 is 0 Å². The van der Waals surface area contributed by atoms with Crippen LogP contribution in [0.1, 0.15) is 12.0 Å². The average molecular weight is 390 g/mol. The maximum absolute atomic E-state index is 13.2. The monoisotopic (exact) mass is 390 g/mol. The van der Waals surface area contributed by atoms with Crippen molar-refractivity contribution in [3.05, 3.63) is 48.3 Å². The SMILES string of the molecule is COc1ccc2c(c1)c1cc3cnccc3c(C)c1n2C(=O)NCCCN(C)C. The predicted octanol–water partition coefficient (Wildman–Crippen LogP) is 4.17. The minimum Gasteiger partial charge on any atom is -0.497 e. The van der Waals surface area contributed by atoms with Crippen LogP contribution in [0.4, 0.5) is 4.79 Å². The van der Waals surface area contributed by atoms with Gasteiger partial charge in [-0.3, -0.25) is 9.55 Å². The number of nitrogens with zero attached hydrogens (tertiary/aromatic N) is 3. The Bertz CT molecular complexity index is 1210. The molecule has 0 bridgehead atoms. The maximum atomic E-state index is 13.2. The van der Waals surface area contributed by atoms with E-state index in [1.165, 1.54) is 0 Å². The van der Waals surface area contributed by atoms with Gasteiger partial charge in [0.1, 0.15) is 5.75 Å². The Balaban J connectivity index is 1.91. The van der Waals surface area contributed by atoms with Crippen LogP contribution in [0.2, 0.25) is 0 Å². The van der Waals surface area contributed by atoms with Gasteiger partial charge in [0.2, 0.25) is 0 Å². The number of pyridine rings is 1. The van der Waals surface area contributed by atoms with Crippen LogP contribution in [0.3, 0.4) is 0 Å². The van der Waals surface area contributed by atoms with Crippen LogP contribution in [0, 0.1) is 6.92 Å². The second-order valence-electron chi connectivity index (χ2n) is 7.60. The number of carbonyl (C=O) groups excluding carboxylic acids is 1. The highest BCUT2D eigenvalue weighted by molar-refractivity contribution is 6.18. The fourth-order valence-corrected chi connectivity index (χ4v) is 3.96. The molecule has 0 aliphatic carbocycles. The van der Waals surface area contributed by atoms with Gasteiger partial charge < -0.3 is 15.0 Å². The number of carbonyl (C=O) groups is 1. The number of rotatable bonds is 5. The molecular formula is C23H26N4O2. The molecule has 0 spiro atoms. The van der Waals surface area contributed by atoms with Crippen LogP contribution in [0.25, 0.3) is 32.6 Å². The van der Waals surface area contributed by atoms with Crippen molar-refractivity contribution in [1.29, 1.82) is 0 Å². The predicted molar refractivity (Wildman–Crippen MR) is 118 cm³/mol. The Labute approximate surface area is 170 Å². The van der Waals surface area contributed by atoms with Crippen LogP contribution in [-0.2, 0) is 0 Å². The lowest BCUT2D eigenvalue weighted by Gasteiger charge is -2.13. The molecule has 150 valence electrons. The topological polar surface area (TPSA) is 59.4 Å². The fourth-order valence-electron chi connectivity index (χ4n) is 3.96. The molecule has 0 saturated carbocycles. The number of hydrogen-bond donors (Lipinski definition) is 1. The van der Waals surface area contributed by atoms with Crippen molar-refractivity contribution in [3.63, 3.8) is 0 Å². The molecule has 0 radical (unpaired) electrons. The third-order valence-electron chi connectivity index (χ3n) is 5.39. The lowest BCUT2D eigenvalue weighted by atomic mass is 10.0. The second kappa shape index (κ2) is 7.72. The smallest absolute Gasteiger partial charge is 0.326 e. The summed E-state index contributed by atoms with van der Waals surface area (Å²) >= 11 is 0. The standard InChI is InChI=1S/C23H26N4O2/c1-15-18-8-10-24-14-16(18)12-20-19-13-17(29-4)6-7-21(19)27(22(15)20)23(28)25-9-5-11-26(2)3/h6-8,10,12-14H,5,9,11H2,1-4H3,(H,25,28). The first-order valence-electron chi connectivity index (χ1n) is 9.79. The lowest BCUT2D eigenvalue weighted by molar-refractivity contribution is 0.243. The van der Waals surface area contributed by atoms with Gasteiger partial charge in [-0.25, -0.2) is 4.79 Å². The molecule has 6 nitrogen and oxygen atoms in total. The molecule has 2 aromatic heterocycles. The second-order valence-corrected chi connectivity index (χ2v) is 7.60. The molecule has 2 aromatic carbocycles. The zero-order valence-corrected chi connectivity index (χ0v) is 17.3. The summed E-state index contributed by atoms with van der Waals surface area (Å²) in [7, 11) is 5.72. The number of nitrogens with one attached hydrogen (secondary N) is 1. The zero-order valence-electron chi connectivity index (χ0n) is 17.3. The molecule has 2 heterocycles. The van der Waals surface area contributed by atoms with Crippen molar-refractivity contribution in [2.75, 3.05) is 34.3 Å². The number of aromatic nitrogens is 2. The van der Waals surface area contributed by atoms with Crippen molar-refractivity contribution in [3.8, 4) is 5.75 Å². The number of hydrogen-bond acceptors (Lipinski definition) is 4. The van der Waals surface area contributed by atoms with Crippen molar-refractivity contribution in [2.24, 2.45) is 0 Å². The Hall–Kier alpha value is -3.12. The van der Waals surface area contributed by atoms with Crippen molar-refractivity contribution in [1.82, 2.24) is 19.8 Å². The summed E-state index contributed by atoms with van der Waals surface area (Å²) in [6.07, 6.45) is 4.56. The largest absolute Gasteiger partial charge is 0.497 e. The Morgan fingerprint density at radius 3 is 2.76 bits per heavy atom. The highest BCUT2D eigenvalue weighted by Gasteiger charge is 2.19. The van der Waals surface area contributed by atoms with Gasteiger partial charge >= 0.3 is 6.03 Å². The highest BCUT2D eigenvalue weighted by atomic mass is 16.5. The molecule has 4 rings (SSSR count). The molecule has 29 heavy (non-hydrogen) atoms. The molecule has 0 unspecified atom stereocenters. The van der Waals surface area contributed by atoms with E-state index in [2.05, 4.69) is 28.2 Å². The van der Waals surface area contributed by atoms with Crippen molar-refractivity contribution < 1.29 is 9.53 Å². The summed E-state index contributed by atoms with van der Waals surface area (Å²) in [5, 5.41) is 7.27. The van der Waals surface area contributed by atoms with Crippen LogP contribution < -0.4 is 10.1 Å². The summed E-state index contributed by atoms with van der Waals surface area (Å²) in [5.74, 6) is 0.770. The van der Waals surface area contributed by atoms with Gasteiger partial charge in [-0.05, 0) is 75.3 Å². The first-order valence-corrected chi connectivity index (χ1v) is 9.79. The molecule has 1 N–H and O–H groups in total. The number of amides is 1. The Morgan fingerprint density at radius 2 is 2.00 bits per heavy atom. The van der Waals surface area contributed by atoms with Crippen LogP contribution in [0.5, 0.6) is 5.75 Å². The molecule has 0 saturated heterocycles. The third kappa shape index (κ3) is 3.40. The van der Waals surface area contributed by atoms with Gasteiger partial charge in [-0.2, -0.15) is 0 Å². The van der Waals surface area contributed by atoms with E-state index in [0.717, 1.165) is 56.9 Å². The van der Waals surface area contributed by atoms with Crippen LogP contribution >= 0.6 is 0 Å². The summed E-state index contributed by atoms with van der Waals surface area (Å²) in [5.41, 5.74) is 2.87. The van der Waals surface area contributed by atoms with E-state index in [1.54, 1.807) is 17.9 Å². The van der Waals surface area contributed by atoms with E-state index < -0.39 is 0 Å². The minimum atomic E-state index is -0.106. The van der Waals surface area contributed by atoms with Crippen LogP contribution in [0.15, 0.2) is 42.7 Å². The maximum Gasteiger partial charge on any atom is 0.326 e. The summed E-state index contributed by atoms with van der Waals surface area (Å²) in [6, 6.07) is 9.85. The Morgan fingerprint density at radius 1 is 1.17 bits per heavy atom. The number of fused-ring (bicyclic) bond motifs is 4. The van der Waals surface area contributed by atoms with E-state index in [0.29, 0.717) is 6.54 Å². The zero-order chi connectivity index (χ0) is 20.5. The van der Waals surface area contributed by atoms with Gasteiger partial charge in [-0.1, -0.05) is 0 Å². The molecular weight excluding hydrogens is 364 g/mol. The quantitative estimate of drug-likeness (QED) is 0.520. The highest BCUT2D eigenvalue weighted by Crippen LogP contribution is 2.36. The van der Waals surface area contributed by atoms with Gasteiger partial charge in [0, 0.05) is 35.1 Å². The van der Waals surface area contributed by atoms with Gasteiger partial charge in [-0.15, -0.1) is 0 Å². The number of methoxy groups -OCH3 is 1. The van der Waals surface area contributed by atoms with Gasteiger partial charge in [0.25, 0.3) is 0 Å². The van der Waals surface area contributed by atoms with Crippen LogP contribution in [-0.4, -0.2) is 54.8 Å². The van der Waals surface area contributed by atoms with Crippen molar-refractivity contribution in [2.45, 2.75) is 13.3 Å². The van der Waals surface area contributed by atoms with E-state index in [9.17, 15) is 4.79 Å². The third-order valence-corrected chi connectivity index (χ3v) is 5.39. The molecule has 4 aromatic rings. The number of benzene rings is 2. The number of ether oxygens (including phenoxy) is 1. The molecule has 1 amide bonds. The van der Waals surface area contributed by atoms with E-state index in [-0.39, 0.29) is 6.03 Å². The first-order chi connectivity index (χ1) is 14.0. The minimum absolute atomic E-state index is 0.106. The first kappa shape index (κ1) is 19.2. The summed E-state index contributed by atoms with van der Waals surface area (Å²) in [6.45, 7) is 3.63. The van der Waals surface area contributed by atoms with Gasteiger partial charge in [0.15, 0.2) is 0 Å². The van der Waals surface area contributed by atoms with Gasteiger partial charge in [0.05, 0.1) is 18.1 Å². The molecule has 0 aliphatic heterocycles. The fraction of sp³-hybridized carbons (Fsp3) is 0.304. The number of aryl methyl sites for hydroxylation is 1. The molecule has 0 fully saturated rings. The van der Waals surface area contributed by atoms with E-state index in [1.807, 2.05) is 44.6 Å². The molecule has 0 atom stereocenters.